The average Bonchev–Trinajstić information content (AvgIpc) is 2.89. The maximum Gasteiger partial charge on any atom is 0.248 e. The Morgan fingerprint density at radius 3 is 2.38 bits per heavy atom. The molecule has 1 aliphatic rings. The third-order valence-electron chi connectivity index (χ3n) is 6.77. The van der Waals surface area contributed by atoms with E-state index in [2.05, 4.69) is 22.4 Å². The highest BCUT2D eigenvalue weighted by Gasteiger charge is 2.28. The first-order valence-corrected chi connectivity index (χ1v) is 11.9. The predicted octanol–water partition coefficient (Wildman–Crippen LogP) is 4.01. The number of hydrogen-bond acceptors (Lipinski definition) is 4. The Kier molecular flexibility index (Phi) is 7.70. The first-order chi connectivity index (χ1) is 16.5. The van der Waals surface area contributed by atoms with Crippen molar-refractivity contribution in [1.29, 1.82) is 0 Å². The van der Waals surface area contributed by atoms with Gasteiger partial charge in [-0.25, -0.2) is 0 Å². The molecule has 2 amide bonds. The van der Waals surface area contributed by atoms with Crippen LogP contribution >= 0.6 is 0 Å². The first kappa shape index (κ1) is 23.6. The number of aromatic nitrogens is 1. The molecular formula is C28H32N4O2. The van der Waals surface area contributed by atoms with Gasteiger partial charge >= 0.3 is 0 Å². The van der Waals surface area contributed by atoms with E-state index < -0.39 is 5.91 Å². The van der Waals surface area contributed by atoms with Gasteiger partial charge in [0.05, 0.1) is 11.7 Å². The van der Waals surface area contributed by atoms with E-state index in [9.17, 15) is 9.59 Å². The lowest BCUT2D eigenvalue weighted by Gasteiger charge is -2.28. The quantitative estimate of drug-likeness (QED) is 0.475. The van der Waals surface area contributed by atoms with Crippen molar-refractivity contribution >= 4 is 11.8 Å². The molecule has 2 aromatic carbocycles. The molecule has 34 heavy (non-hydrogen) atoms. The normalized spacial score (nSPS) is 18.7. The second-order valence-electron chi connectivity index (χ2n) is 9.12. The lowest BCUT2D eigenvalue weighted by Crippen LogP contribution is -2.37. The van der Waals surface area contributed by atoms with Crippen LogP contribution in [0.25, 0.3) is 11.1 Å². The summed E-state index contributed by atoms with van der Waals surface area (Å²) in [7, 11) is 0. The molecule has 4 rings (SSSR count). The maximum atomic E-state index is 13.2. The van der Waals surface area contributed by atoms with Crippen molar-refractivity contribution in [1.82, 2.24) is 10.3 Å². The minimum absolute atomic E-state index is 0.0107. The van der Waals surface area contributed by atoms with E-state index in [4.69, 9.17) is 11.5 Å². The molecule has 1 aliphatic carbocycles. The number of carbonyl (C=O) groups excluding carboxylic acids is 2. The monoisotopic (exact) mass is 456 g/mol. The van der Waals surface area contributed by atoms with Crippen LogP contribution in [-0.2, 0) is 11.2 Å². The van der Waals surface area contributed by atoms with Gasteiger partial charge in [-0.1, -0.05) is 42.5 Å². The molecule has 1 unspecified atom stereocenters. The highest BCUT2D eigenvalue weighted by molar-refractivity contribution is 5.94. The lowest BCUT2D eigenvalue weighted by molar-refractivity contribution is -0.127. The number of nitrogens with one attached hydrogen (secondary N) is 1. The molecule has 5 N–H and O–H groups in total. The van der Waals surface area contributed by atoms with Crippen LogP contribution in [0, 0.1) is 11.8 Å². The molecule has 1 saturated carbocycles. The molecule has 3 aromatic rings. The third-order valence-corrected chi connectivity index (χ3v) is 6.77. The highest BCUT2D eigenvalue weighted by atomic mass is 16.2. The summed E-state index contributed by atoms with van der Waals surface area (Å²) >= 11 is 0. The van der Waals surface area contributed by atoms with Crippen molar-refractivity contribution < 1.29 is 9.59 Å². The van der Waals surface area contributed by atoms with E-state index in [1.54, 1.807) is 18.3 Å². The Hall–Kier alpha value is -3.51. The number of carbonyl (C=O) groups is 2. The Balaban J connectivity index is 1.59. The number of nitrogens with two attached hydrogens (primary N) is 2. The minimum atomic E-state index is -0.463. The fourth-order valence-corrected chi connectivity index (χ4v) is 4.70. The van der Waals surface area contributed by atoms with Gasteiger partial charge in [-0.2, -0.15) is 0 Å². The van der Waals surface area contributed by atoms with Gasteiger partial charge in [0.2, 0.25) is 11.8 Å². The van der Waals surface area contributed by atoms with Gasteiger partial charge in [0.25, 0.3) is 0 Å². The number of hydrogen-bond donors (Lipinski definition) is 3. The summed E-state index contributed by atoms with van der Waals surface area (Å²) in [4.78, 5) is 29.5. The van der Waals surface area contributed by atoms with Gasteiger partial charge in [-0.05, 0) is 85.5 Å². The lowest BCUT2D eigenvalue weighted by atomic mass is 9.81. The molecule has 176 valence electrons. The Labute approximate surface area is 200 Å². The summed E-state index contributed by atoms with van der Waals surface area (Å²) in [5.74, 6) is 0.157. The van der Waals surface area contributed by atoms with Crippen LogP contribution in [0.5, 0.6) is 0 Å². The smallest absolute Gasteiger partial charge is 0.248 e. The molecule has 0 bridgehead atoms. The summed E-state index contributed by atoms with van der Waals surface area (Å²) in [6.07, 6.45) is 6.14. The van der Waals surface area contributed by atoms with Crippen LogP contribution in [-0.4, -0.2) is 23.3 Å². The fraction of sp³-hybridized carbons (Fsp3) is 0.321. The van der Waals surface area contributed by atoms with Gasteiger partial charge < -0.3 is 16.8 Å². The zero-order chi connectivity index (χ0) is 23.9. The molecule has 0 saturated heterocycles. The summed E-state index contributed by atoms with van der Waals surface area (Å²) in [6.45, 7) is 0.693. The maximum absolute atomic E-state index is 13.2. The molecule has 1 aromatic heterocycles. The van der Waals surface area contributed by atoms with E-state index >= 15 is 0 Å². The van der Waals surface area contributed by atoms with E-state index in [1.165, 1.54) is 0 Å². The van der Waals surface area contributed by atoms with E-state index in [0.29, 0.717) is 24.4 Å². The van der Waals surface area contributed by atoms with E-state index in [-0.39, 0.29) is 17.9 Å². The second-order valence-corrected chi connectivity index (χ2v) is 9.12. The fourth-order valence-electron chi connectivity index (χ4n) is 4.70. The molecular weight excluding hydrogens is 424 g/mol. The minimum Gasteiger partial charge on any atom is -0.366 e. The van der Waals surface area contributed by atoms with Crippen LogP contribution in [0.2, 0.25) is 0 Å². The Morgan fingerprint density at radius 2 is 1.68 bits per heavy atom. The highest BCUT2D eigenvalue weighted by Crippen LogP contribution is 2.30. The first-order valence-electron chi connectivity index (χ1n) is 11.9. The van der Waals surface area contributed by atoms with Crippen molar-refractivity contribution in [2.45, 2.75) is 38.1 Å². The predicted molar refractivity (Wildman–Crippen MR) is 134 cm³/mol. The average molecular weight is 457 g/mol. The number of benzene rings is 2. The largest absolute Gasteiger partial charge is 0.366 e. The van der Waals surface area contributed by atoms with Crippen LogP contribution in [0.15, 0.2) is 72.9 Å². The molecule has 6 heteroatoms. The topological polar surface area (TPSA) is 111 Å². The molecule has 0 spiro atoms. The van der Waals surface area contributed by atoms with Crippen LogP contribution in [0.1, 0.15) is 53.3 Å². The number of rotatable bonds is 8. The third kappa shape index (κ3) is 5.88. The van der Waals surface area contributed by atoms with Crippen molar-refractivity contribution in [3.05, 3.63) is 89.7 Å². The van der Waals surface area contributed by atoms with Gasteiger partial charge in [0.15, 0.2) is 0 Å². The van der Waals surface area contributed by atoms with Crippen LogP contribution < -0.4 is 16.8 Å². The number of pyridine rings is 1. The number of primary amides is 1. The summed E-state index contributed by atoms with van der Waals surface area (Å²) in [5.41, 5.74) is 15.5. The van der Waals surface area contributed by atoms with E-state index in [0.717, 1.165) is 48.1 Å². The zero-order valence-corrected chi connectivity index (χ0v) is 19.3. The van der Waals surface area contributed by atoms with Gasteiger partial charge in [-0.15, -0.1) is 0 Å². The van der Waals surface area contributed by atoms with Crippen molar-refractivity contribution in [2.24, 2.45) is 23.3 Å². The standard InChI is InChI=1S/C28H32N4O2/c29-18-20-9-11-21(12-10-20)28(34)32-26(15-19-5-2-1-3-6-19)25-17-23(13-14-31-25)22-7-4-8-24(16-22)27(30)33/h1-8,13-14,16-17,20-21,26H,9-12,15,18,29H2,(H2,30,33)(H,32,34). The molecule has 1 fully saturated rings. The molecule has 1 atom stereocenters. The van der Waals surface area contributed by atoms with Crippen molar-refractivity contribution in [2.75, 3.05) is 6.54 Å². The van der Waals surface area contributed by atoms with Gasteiger partial charge in [0.1, 0.15) is 0 Å². The van der Waals surface area contributed by atoms with Crippen LogP contribution in [0.3, 0.4) is 0 Å². The second kappa shape index (κ2) is 11.1. The molecule has 6 nitrogen and oxygen atoms in total. The molecule has 0 radical (unpaired) electrons. The van der Waals surface area contributed by atoms with Gasteiger partial charge in [0, 0.05) is 17.7 Å². The Bertz CT molecular complexity index is 1120. The molecule has 1 heterocycles. The van der Waals surface area contributed by atoms with Gasteiger partial charge in [-0.3, -0.25) is 14.6 Å². The molecule has 0 aliphatic heterocycles. The Morgan fingerprint density at radius 1 is 0.941 bits per heavy atom. The zero-order valence-electron chi connectivity index (χ0n) is 19.3. The van der Waals surface area contributed by atoms with Crippen LogP contribution in [0.4, 0.5) is 0 Å². The number of nitrogens with zero attached hydrogens (tertiary/aromatic N) is 1. The SMILES string of the molecule is NCC1CCC(C(=O)NC(Cc2ccccc2)c2cc(-c3cccc(C(N)=O)c3)ccn2)CC1. The van der Waals surface area contributed by atoms with E-state index in [1.807, 2.05) is 42.5 Å². The van der Waals surface area contributed by atoms with Crippen molar-refractivity contribution in [3.8, 4) is 11.1 Å². The summed E-state index contributed by atoms with van der Waals surface area (Å²) in [6, 6.07) is 21.0. The summed E-state index contributed by atoms with van der Waals surface area (Å²) < 4.78 is 0. The van der Waals surface area contributed by atoms with Crippen molar-refractivity contribution in [3.63, 3.8) is 0 Å². The number of amides is 2. The summed E-state index contributed by atoms with van der Waals surface area (Å²) in [5, 5.41) is 3.29.